The first kappa shape index (κ1) is 13.2. The molecule has 0 radical (unpaired) electrons. The van der Waals surface area contributed by atoms with Crippen molar-refractivity contribution in [3.8, 4) is 0 Å². The second-order valence-electron chi connectivity index (χ2n) is 4.43. The molecule has 0 unspecified atom stereocenters. The molecule has 18 heavy (non-hydrogen) atoms. The third-order valence-corrected chi connectivity index (χ3v) is 4.27. The van der Waals surface area contributed by atoms with Crippen molar-refractivity contribution in [1.82, 2.24) is 0 Å². The van der Waals surface area contributed by atoms with Crippen molar-refractivity contribution in [1.29, 1.82) is 0 Å². The molecular formula is C14H16O3S. The fourth-order valence-electron chi connectivity index (χ4n) is 1.85. The maximum Gasteiger partial charge on any atom is 0.310 e. The van der Waals surface area contributed by atoms with Crippen molar-refractivity contribution >= 4 is 23.8 Å². The Labute approximate surface area is 111 Å². The lowest BCUT2D eigenvalue weighted by molar-refractivity contribution is -0.138. The Morgan fingerprint density at radius 1 is 1.44 bits per heavy atom. The van der Waals surface area contributed by atoms with Crippen LogP contribution in [-0.4, -0.2) is 28.0 Å². The molecule has 1 aromatic rings. The fourth-order valence-corrected chi connectivity index (χ4v) is 2.96. The van der Waals surface area contributed by atoms with Crippen LogP contribution in [0, 0.1) is 0 Å². The van der Waals surface area contributed by atoms with Crippen LogP contribution in [0.3, 0.4) is 0 Å². The van der Waals surface area contributed by atoms with Gasteiger partial charge in [-0.25, -0.2) is 0 Å². The molecule has 96 valence electrons. The molecule has 0 aromatic heterocycles. The van der Waals surface area contributed by atoms with Gasteiger partial charge in [-0.2, -0.15) is 0 Å². The predicted octanol–water partition coefficient (Wildman–Crippen LogP) is 2.71. The molecule has 1 aliphatic heterocycles. The van der Waals surface area contributed by atoms with Gasteiger partial charge in [-0.15, -0.1) is 11.8 Å². The summed E-state index contributed by atoms with van der Waals surface area (Å²) in [6, 6.07) is 7.45. The van der Waals surface area contributed by atoms with Crippen molar-refractivity contribution in [2.45, 2.75) is 25.4 Å². The zero-order chi connectivity index (χ0) is 13.1. The molecule has 2 rings (SSSR count). The summed E-state index contributed by atoms with van der Waals surface area (Å²) < 4.78 is 0. The molecule has 0 aliphatic carbocycles. The SMILES string of the molecule is C[C@H](C(=O)O)c1ccc(C=C2SCC[C@H]2O)cc1. The number of aliphatic hydroxyl groups excluding tert-OH is 1. The van der Waals surface area contributed by atoms with Gasteiger partial charge in [0.15, 0.2) is 0 Å². The number of hydrogen-bond donors (Lipinski definition) is 2. The predicted molar refractivity (Wildman–Crippen MR) is 73.6 cm³/mol. The van der Waals surface area contributed by atoms with E-state index in [1.54, 1.807) is 18.7 Å². The first-order valence-corrected chi connectivity index (χ1v) is 6.91. The molecule has 0 spiro atoms. The van der Waals surface area contributed by atoms with Crippen molar-refractivity contribution in [3.63, 3.8) is 0 Å². The van der Waals surface area contributed by atoms with Gasteiger partial charge >= 0.3 is 5.97 Å². The van der Waals surface area contributed by atoms with Gasteiger partial charge in [0.25, 0.3) is 0 Å². The molecule has 3 nitrogen and oxygen atoms in total. The van der Waals surface area contributed by atoms with E-state index >= 15 is 0 Å². The Balaban J connectivity index is 2.15. The van der Waals surface area contributed by atoms with Gasteiger partial charge in [-0.1, -0.05) is 24.3 Å². The van der Waals surface area contributed by atoms with E-state index < -0.39 is 11.9 Å². The minimum Gasteiger partial charge on any atom is -0.481 e. The molecule has 0 amide bonds. The maximum atomic E-state index is 10.9. The summed E-state index contributed by atoms with van der Waals surface area (Å²) in [7, 11) is 0. The summed E-state index contributed by atoms with van der Waals surface area (Å²) in [5.74, 6) is -0.345. The van der Waals surface area contributed by atoms with Crippen LogP contribution in [0.4, 0.5) is 0 Å². The highest BCUT2D eigenvalue weighted by molar-refractivity contribution is 8.03. The lowest BCUT2D eigenvalue weighted by Gasteiger charge is -2.07. The molecule has 1 fully saturated rings. The zero-order valence-corrected chi connectivity index (χ0v) is 11.0. The van der Waals surface area contributed by atoms with Crippen LogP contribution < -0.4 is 0 Å². The van der Waals surface area contributed by atoms with Crippen LogP contribution in [0.2, 0.25) is 0 Å². The lowest BCUT2D eigenvalue weighted by Crippen LogP contribution is -2.07. The Kier molecular flexibility index (Phi) is 4.09. The van der Waals surface area contributed by atoms with Gasteiger partial charge in [0.1, 0.15) is 0 Å². The second kappa shape index (κ2) is 5.59. The van der Waals surface area contributed by atoms with E-state index in [1.165, 1.54) is 0 Å². The molecule has 1 aromatic carbocycles. The van der Waals surface area contributed by atoms with Crippen LogP contribution in [-0.2, 0) is 4.79 Å². The van der Waals surface area contributed by atoms with E-state index in [-0.39, 0.29) is 6.10 Å². The molecule has 1 aliphatic rings. The topological polar surface area (TPSA) is 57.5 Å². The molecule has 2 N–H and O–H groups in total. The fraction of sp³-hybridized carbons (Fsp3) is 0.357. The van der Waals surface area contributed by atoms with Crippen LogP contribution in [0.15, 0.2) is 29.2 Å². The van der Waals surface area contributed by atoms with Crippen molar-refractivity contribution in [2.24, 2.45) is 0 Å². The van der Waals surface area contributed by atoms with Gasteiger partial charge < -0.3 is 10.2 Å². The molecule has 2 atom stereocenters. The third-order valence-electron chi connectivity index (χ3n) is 3.10. The first-order chi connectivity index (χ1) is 8.58. The summed E-state index contributed by atoms with van der Waals surface area (Å²) in [4.78, 5) is 11.9. The summed E-state index contributed by atoms with van der Waals surface area (Å²) in [6.07, 6.45) is 2.44. The number of hydrogen-bond acceptors (Lipinski definition) is 3. The quantitative estimate of drug-likeness (QED) is 0.881. The Morgan fingerprint density at radius 3 is 2.61 bits per heavy atom. The number of carboxylic acid groups (broad SMARTS) is 1. The highest BCUT2D eigenvalue weighted by Crippen LogP contribution is 2.32. The summed E-state index contributed by atoms with van der Waals surface area (Å²) in [6.45, 7) is 1.67. The Hall–Kier alpha value is -1.26. The lowest BCUT2D eigenvalue weighted by atomic mass is 10.00. The van der Waals surface area contributed by atoms with Crippen LogP contribution in [0.1, 0.15) is 30.4 Å². The van der Waals surface area contributed by atoms with Crippen LogP contribution in [0.25, 0.3) is 6.08 Å². The minimum atomic E-state index is -0.817. The summed E-state index contributed by atoms with van der Waals surface area (Å²) >= 11 is 1.68. The van der Waals surface area contributed by atoms with Crippen LogP contribution >= 0.6 is 11.8 Å². The van der Waals surface area contributed by atoms with E-state index in [1.807, 2.05) is 30.3 Å². The zero-order valence-electron chi connectivity index (χ0n) is 10.2. The van der Waals surface area contributed by atoms with E-state index in [4.69, 9.17) is 5.11 Å². The molecular weight excluding hydrogens is 248 g/mol. The van der Waals surface area contributed by atoms with Gasteiger partial charge in [0, 0.05) is 10.7 Å². The van der Waals surface area contributed by atoms with Crippen molar-refractivity contribution in [3.05, 3.63) is 40.3 Å². The average Bonchev–Trinajstić information content (AvgIpc) is 2.75. The average molecular weight is 264 g/mol. The van der Waals surface area contributed by atoms with E-state index in [2.05, 4.69) is 0 Å². The van der Waals surface area contributed by atoms with Crippen molar-refractivity contribution in [2.75, 3.05) is 5.75 Å². The maximum absolute atomic E-state index is 10.9. The number of thioether (sulfide) groups is 1. The largest absolute Gasteiger partial charge is 0.481 e. The van der Waals surface area contributed by atoms with Gasteiger partial charge in [0.05, 0.1) is 12.0 Å². The smallest absolute Gasteiger partial charge is 0.310 e. The summed E-state index contributed by atoms with van der Waals surface area (Å²) in [5.41, 5.74) is 1.80. The minimum absolute atomic E-state index is 0.340. The number of carboxylic acids is 1. The van der Waals surface area contributed by atoms with E-state index in [0.29, 0.717) is 0 Å². The molecule has 1 heterocycles. The third kappa shape index (κ3) is 2.94. The standard InChI is InChI=1S/C14H16O3S/c1-9(14(16)17)11-4-2-10(3-5-11)8-13-12(15)6-7-18-13/h2-5,8-9,12,15H,6-7H2,1H3,(H,16,17)/t9-,12+/m0/s1. The molecule has 0 saturated carbocycles. The van der Waals surface area contributed by atoms with E-state index in [0.717, 1.165) is 28.2 Å². The summed E-state index contributed by atoms with van der Waals surface area (Å²) in [5, 5.41) is 18.6. The molecule has 0 bridgehead atoms. The highest BCUT2D eigenvalue weighted by Gasteiger charge is 2.18. The second-order valence-corrected chi connectivity index (χ2v) is 5.59. The number of rotatable bonds is 3. The highest BCUT2D eigenvalue weighted by atomic mass is 32.2. The number of benzene rings is 1. The van der Waals surface area contributed by atoms with Crippen molar-refractivity contribution < 1.29 is 15.0 Å². The van der Waals surface area contributed by atoms with Gasteiger partial charge in [-0.3, -0.25) is 4.79 Å². The first-order valence-electron chi connectivity index (χ1n) is 5.93. The molecule has 1 saturated heterocycles. The van der Waals surface area contributed by atoms with Crippen LogP contribution in [0.5, 0.6) is 0 Å². The van der Waals surface area contributed by atoms with E-state index in [9.17, 15) is 9.90 Å². The number of carbonyl (C=O) groups is 1. The van der Waals surface area contributed by atoms with Gasteiger partial charge in [-0.05, 0) is 30.5 Å². The molecule has 4 heteroatoms. The monoisotopic (exact) mass is 264 g/mol. The number of aliphatic hydroxyl groups is 1. The van der Waals surface area contributed by atoms with Gasteiger partial charge in [0.2, 0.25) is 0 Å². The Bertz CT molecular complexity index is 464. The normalized spacial score (nSPS) is 23.2. The Morgan fingerprint density at radius 2 is 2.11 bits per heavy atom. The number of aliphatic carboxylic acids is 1.